The van der Waals surface area contributed by atoms with Crippen molar-refractivity contribution >= 4 is 19.8 Å². The first-order chi connectivity index (χ1) is 4.83. The van der Waals surface area contributed by atoms with E-state index in [9.17, 15) is 0 Å². The Bertz CT molecular complexity index is 33.9. The maximum Gasteiger partial charge on any atom is 0 e. The first-order valence-electron chi connectivity index (χ1n) is 4.41. The third kappa shape index (κ3) is 58.4. The van der Waals surface area contributed by atoms with E-state index in [1.807, 2.05) is 0 Å². The molecule has 0 saturated carbocycles. The van der Waals surface area contributed by atoms with Crippen LogP contribution in [0.25, 0.3) is 0 Å². The molecule has 1 radical (unpaired) electrons. The standard InChI is InChI=1S/2C5H11.Au.2H3P/c2*1-3-5-4-2;;;/h2*1,3-5H2,2H3;;2*1H3/q2*-1;;;. The summed E-state index contributed by atoms with van der Waals surface area (Å²) >= 11 is 0. The van der Waals surface area contributed by atoms with E-state index in [1.165, 1.54) is 25.7 Å². The minimum Gasteiger partial charge on any atom is -0.343 e. The van der Waals surface area contributed by atoms with E-state index in [1.54, 1.807) is 0 Å². The van der Waals surface area contributed by atoms with Gasteiger partial charge >= 0.3 is 0 Å². The molecule has 0 saturated heterocycles. The van der Waals surface area contributed by atoms with Crippen LogP contribution in [-0.4, -0.2) is 0 Å². The van der Waals surface area contributed by atoms with Crippen molar-refractivity contribution in [2.24, 2.45) is 0 Å². The first kappa shape index (κ1) is 29.3. The van der Waals surface area contributed by atoms with Gasteiger partial charge in [0.2, 0.25) is 0 Å². The Morgan fingerprint density at radius 2 is 1.00 bits per heavy atom. The molecule has 0 aliphatic heterocycles. The molecule has 0 rings (SSSR count). The zero-order valence-electron chi connectivity index (χ0n) is 9.37. The van der Waals surface area contributed by atoms with Crippen LogP contribution >= 0.6 is 19.8 Å². The molecule has 91 valence electrons. The van der Waals surface area contributed by atoms with E-state index in [4.69, 9.17) is 0 Å². The summed E-state index contributed by atoms with van der Waals surface area (Å²) in [6, 6.07) is 0. The zero-order chi connectivity index (χ0) is 8.24. The van der Waals surface area contributed by atoms with Crippen LogP contribution in [0.3, 0.4) is 0 Å². The summed E-state index contributed by atoms with van der Waals surface area (Å²) in [5.41, 5.74) is 0. The topological polar surface area (TPSA) is 0 Å². The van der Waals surface area contributed by atoms with Crippen LogP contribution in [0.4, 0.5) is 0 Å². The van der Waals surface area contributed by atoms with E-state index in [0.29, 0.717) is 0 Å². The quantitative estimate of drug-likeness (QED) is 0.374. The van der Waals surface area contributed by atoms with E-state index in [2.05, 4.69) is 27.7 Å². The van der Waals surface area contributed by atoms with Crippen molar-refractivity contribution in [3.05, 3.63) is 13.8 Å². The van der Waals surface area contributed by atoms with Gasteiger partial charge in [0, 0.05) is 22.4 Å². The molecule has 2 unspecified atom stereocenters. The molecule has 0 bridgehead atoms. The maximum absolute atomic E-state index is 3.68. The van der Waals surface area contributed by atoms with Crippen LogP contribution in [0.2, 0.25) is 0 Å². The summed E-state index contributed by atoms with van der Waals surface area (Å²) in [5.74, 6) is 0. The molecular formula is C10H28AuP2-2. The molecule has 0 N–H and O–H groups in total. The molecule has 0 heterocycles. The van der Waals surface area contributed by atoms with Crippen LogP contribution in [0.5, 0.6) is 0 Å². The van der Waals surface area contributed by atoms with Gasteiger partial charge in [-0.25, -0.2) is 0 Å². The molecule has 0 fully saturated rings. The van der Waals surface area contributed by atoms with Gasteiger partial charge < -0.3 is 13.8 Å². The van der Waals surface area contributed by atoms with Crippen LogP contribution in [0, 0.1) is 13.8 Å². The van der Waals surface area contributed by atoms with Gasteiger partial charge in [0.25, 0.3) is 0 Å². The Hall–Kier alpha value is 1.60. The van der Waals surface area contributed by atoms with Gasteiger partial charge in [0.1, 0.15) is 0 Å². The van der Waals surface area contributed by atoms with Crippen LogP contribution in [0.15, 0.2) is 0 Å². The molecule has 0 aromatic carbocycles. The van der Waals surface area contributed by atoms with Gasteiger partial charge in [-0.2, -0.15) is 32.6 Å². The van der Waals surface area contributed by atoms with Crippen molar-refractivity contribution in [2.45, 2.75) is 52.4 Å². The Balaban J connectivity index is -0.0000000267. The van der Waals surface area contributed by atoms with Crippen LogP contribution < -0.4 is 0 Å². The van der Waals surface area contributed by atoms with Gasteiger partial charge in [-0.1, -0.05) is 39.5 Å². The number of hydrogen-bond acceptors (Lipinski definition) is 0. The molecule has 2 atom stereocenters. The number of rotatable bonds is 4. The second-order valence-corrected chi connectivity index (χ2v) is 2.41. The molecule has 0 aromatic rings. The molecule has 0 spiro atoms. The van der Waals surface area contributed by atoms with E-state index >= 15 is 0 Å². The van der Waals surface area contributed by atoms with E-state index in [-0.39, 0.29) is 42.2 Å². The summed E-state index contributed by atoms with van der Waals surface area (Å²) in [5, 5.41) is 0. The Morgan fingerprint density at radius 3 is 1.00 bits per heavy atom. The summed E-state index contributed by atoms with van der Waals surface area (Å²) in [6.45, 7) is 11.7. The average Bonchev–Trinajstić information content (AvgIpc) is 1.93. The fraction of sp³-hybridized carbons (Fsp3) is 0.800. The Kier molecular flexibility index (Phi) is 84.3. The van der Waals surface area contributed by atoms with Crippen molar-refractivity contribution in [3.63, 3.8) is 0 Å². The average molecular weight is 407 g/mol. The maximum atomic E-state index is 3.68. The van der Waals surface area contributed by atoms with Crippen LogP contribution in [0.1, 0.15) is 52.4 Å². The third-order valence-corrected chi connectivity index (χ3v) is 1.21. The SMILES string of the molecule is P.P.[Au].[CH2-]CCCC.[CH2-]CCCC. The number of unbranched alkanes of at least 4 members (excludes halogenated alkanes) is 4. The third-order valence-electron chi connectivity index (χ3n) is 1.21. The van der Waals surface area contributed by atoms with E-state index < -0.39 is 0 Å². The predicted octanol–water partition coefficient (Wildman–Crippen LogP) is 4.14. The summed E-state index contributed by atoms with van der Waals surface area (Å²) in [4.78, 5) is 0. The second kappa shape index (κ2) is 37.4. The predicted molar refractivity (Wildman–Crippen MR) is 72.0 cm³/mol. The molecule has 0 aromatic heterocycles. The molecule has 0 nitrogen and oxygen atoms in total. The van der Waals surface area contributed by atoms with Gasteiger partial charge in [-0.05, 0) is 0 Å². The van der Waals surface area contributed by atoms with Crippen LogP contribution in [-0.2, 0) is 22.4 Å². The van der Waals surface area contributed by atoms with Gasteiger partial charge in [0.15, 0.2) is 0 Å². The molecule has 0 aliphatic carbocycles. The largest absolute Gasteiger partial charge is 0.343 e. The summed E-state index contributed by atoms with van der Waals surface area (Å²) in [6.07, 6.45) is 7.31. The zero-order valence-corrected chi connectivity index (χ0v) is 14.4. The van der Waals surface area contributed by atoms with Crippen molar-refractivity contribution in [2.75, 3.05) is 0 Å². The minimum absolute atomic E-state index is 0. The minimum atomic E-state index is 0. The van der Waals surface area contributed by atoms with Gasteiger partial charge in [-0.3, -0.25) is 0 Å². The smallest absolute Gasteiger partial charge is 0 e. The summed E-state index contributed by atoms with van der Waals surface area (Å²) < 4.78 is 0. The monoisotopic (exact) mass is 407 g/mol. The molecule has 3 heteroatoms. The van der Waals surface area contributed by atoms with Crippen molar-refractivity contribution < 1.29 is 22.4 Å². The second-order valence-electron chi connectivity index (χ2n) is 2.41. The van der Waals surface area contributed by atoms with Gasteiger partial charge in [-0.15, -0.1) is 0 Å². The normalized spacial score (nSPS) is 6.46. The van der Waals surface area contributed by atoms with Crippen molar-refractivity contribution in [3.8, 4) is 0 Å². The molecule has 0 amide bonds. The molecule has 0 aliphatic rings. The van der Waals surface area contributed by atoms with Gasteiger partial charge in [0.05, 0.1) is 0 Å². The first-order valence-corrected chi connectivity index (χ1v) is 4.41. The van der Waals surface area contributed by atoms with E-state index in [0.717, 1.165) is 12.8 Å². The fourth-order valence-corrected chi connectivity index (χ4v) is 0.500. The summed E-state index contributed by atoms with van der Waals surface area (Å²) in [7, 11) is 0. The molecule has 13 heavy (non-hydrogen) atoms. The Morgan fingerprint density at radius 1 is 0.769 bits per heavy atom. The Labute approximate surface area is 108 Å². The molecular weight excluding hydrogens is 379 g/mol. The van der Waals surface area contributed by atoms with Crippen molar-refractivity contribution in [1.29, 1.82) is 0 Å². The fourth-order valence-electron chi connectivity index (χ4n) is 0.500. The van der Waals surface area contributed by atoms with Crippen molar-refractivity contribution in [1.82, 2.24) is 0 Å². The number of hydrogen-bond donors (Lipinski definition) is 0.